The van der Waals surface area contributed by atoms with Crippen LogP contribution in [0.2, 0.25) is 0 Å². The second kappa shape index (κ2) is 5.29. The second-order valence-electron chi connectivity index (χ2n) is 4.93. The molecule has 0 fully saturated rings. The number of nitrogens with two attached hydrogens (primary N) is 1. The number of hydrogen-bond donors (Lipinski definition) is 2. The molecule has 0 unspecified atom stereocenters. The maximum absolute atomic E-state index is 6.07. The van der Waals surface area contributed by atoms with E-state index >= 15 is 0 Å². The van der Waals surface area contributed by atoms with E-state index in [-0.39, 0.29) is 0 Å². The number of aromatic nitrogens is 6. The molecule has 4 aromatic rings. The molecule has 9 heteroatoms. The van der Waals surface area contributed by atoms with E-state index in [1.165, 1.54) is 11.3 Å². The number of nitrogens with one attached hydrogen (secondary N) is 1. The van der Waals surface area contributed by atoms with E-state index in [1.807, 2.05) is 31.4 Å². The average molecular weight is 324 g/mol. The van der Waals surface area contributed by atoms with Crippen molar-refractivity contribution in [1.82, 2.24) is 29.9 Å². The lowest BCUT2D eigenvalue weighted by Crippen LogP contribution is -1.98. The van der Waals surface area contributed by atoms with Crippen molar-refractivity contribution in [3.8, 4) is 11.1 Å². The largest absolute Gasteiger partial charge is 0.383 e. The van der Waals surface area contributed by atoms with Crippen LogP contribution in [0, 0.1) is 0 Å². The van der Waals surface area contributed by atoms with Gasteiger partial charge < -0.3 is 11.1 Å². The maximum Gasteiger partial charge on any atom is 0.210 e. The van der Waals surface area contributed by atoms with Gasteiger partial charge >= 0.3 is 0 Å². The standard InChI is InChI=1S/C14H12N8S/c1-22-6-8(5-17-22)9-4-11-10(19-13(9)15)2-3-12(18-11)20-14-21-16-7-23-14/h2-7H,1H3,(H2,15,19)(H,18,20,21). The Balaban J connectivity index is 1.79. The first kappa shape index (κ1) is 13.6. The summed E-state index contributed by atoms with van der Waals surface area (Å²) in [5, 5.41) is 15.7. The summed E-state index contributed by atoms with van der Waals surface area (Å²) in [6.07, 6.45) is 3.64. The van der Waals surface area contributed by atoms with Crippen molar-refractivity contribution in [1.29, 1.82) is 0 Å². The van der Waals surface area contributed by atoms with E-state index in [9.17, 15) is 0 Å². The van der Waals surface area contributed by atoms with E-state index in [0.717, 1.165) is 22.2 Å². The molecule has 0 radical (unpaired) electrons. The minimum Gasteiger partial charge on any atom is -0.383 e. The van der Waals surface area contributed by atoms with E-state index < -0.39 is 0 Å². The highest BCUT2D eigenvalue weighted by Crippen LogP contribution is 2.28. The molecule has 0 atom stereocenters. The summed E-state index contributed by atoms with van der Waals surface area (Å²) in [5.74, 6) is 1.13. The Morgan fingerprint density at radius 1 is 1.22 bits per heavy atom. The molecular weight excluding hydrogens is 312 g/mol. The molecular formula is C14H12N8S. The SMILES string of the molecule is Cn1cc(-c2cc3nc(Nc4nncs4)ccc3nc2N)cn1. The summed E-state index contributed by atoms with van der Waals surface area (Å²) in [6, 6.07) is 5.62. The third-order valence-corrected chi connectivity index (χ3v) is 3.92. The fourth-order valence-corrected chi connectivity index (χ4v) is 2.72. The third-order valence-electron chi connectivity index (χ3n) is 3.31. The van der Waals surface area contributed by atoms with Crippen LogP contribution in [0.15, 0.2) is 36.1 Å². The Bertz CT molecular complexity index is 976. The van der Waals surface area contributed by atoms with E-state index in [1.54, 1.807) is 16.4 Å². The van der Waals surface area contributed by atoms with Gasteiger partial charge in [0, 0.05) is 24.4 Å². The minimum absolute atomic E-state index is 0.456. The first-order valence-corrected chi connectivity index (χ1v) is 7.66. The van der Waals surface area contributed by atoms with Crippen molar-refractivity contribution in [3.63, 3.8) is 0 Å². The van der Waals surface area contributed by atoms with Crippen LogP contribution in [-0.2, 0) is 7.05 Å². The van der Waals surface area contributed by atoms with Crippen molar-refractivity contribution in [3.05, 3.63) is 36.1 Å². The van der Waals surface area contributed by atoms with Crippen LogP contribution in [0.5, 0.6) is 0 Å². The molecule has 3 N–H and O–H groups in total. The van der Waals surface area contributed by atoms with Crippen molar-refractivity contribution in [2.75, 3.05) is 11.1 Å². The summed E-state index contributed by atoms with van der Waals surface area (Å²) in [7, 11) is 1.86. The predicted molar refractivity (Wildman–Crippen MR) is 89.3 cm³/mol. The second-order valence-corrected chi connectivity index (χ2v) is 5.76. The maximum atomic E-state index is 6.07. The number of hydrogen-bond acceptors (Lipinski definition) is 8. The van der Waals surface area contributed by atoms with Gasteiger partial charge in [-0.3, -0.25) is 4.68 Å². The fourth-order valence-electron chi connectivity index (χ4n) is 2.27. The first-order valence-electron chi connectivity index (χ1n) is 6.78. The van der Waals surface area contributed by atoms with Crippen molar-refractivity contribution >= 4 is 39.1 Å². The Morgan fingerprint density at radius 3 is 2.87 bits per heavy atom. The number of aryl methyl sites for hydroxylation is 1. The first-order chi connectivity index (χ1) is 11.2. The summed E-state index contributed by atoms with van der Waals surface area (Å²) < 4.78 is 1.72. The topological polar surface area (TPSA) is 107 Å². The van der Waals surface area contributed by atoms with Gasteiger partial charge in [-0.1, -0.05) is 11.3 Å². The summed E-state index contributed by atoms with van der Waals surface area (Å²) >= 11 is 1.41. The lowest BCUT2D eigenvalue weighted by molar-refractivity contribution is 0.768. The minimum atomic E-state index is 0.456. The molecule has 0 aliphatic heterocycles. The zero-order chi connectivity index (χ0) is 15.8. The van der Waals surface area contributed by atoms with Crippen molar-refractivity contribution in [2.45, 2.75) is 0 Å². The molecule has 4 aromatic heterocycles. The van der Waals surface area contributed by atoms with Crippen LogP contribution >= 0.6 is 11.3 Å². The van der Waals surface area contributed by atoms with Crippen LogP contribution in [0.3, 0.4) is 0 Å². The van der Waals surface area contributed by atoms with Gasteiger partial charge in [0.1, 0.15) is 17.1 Å². The van der Waals surface area contributed by atoms with Gasteiger partial charge in [-0.2, -0.15) is 5.10 Å². The van der Waals surface area contributed by atoms with Gasteiger partial charge in [-0.15, -0.1) is 10.2 Å². The predicted octanol–water partition coefficient (Wildman–Crippen LogP) is 2.21. The molecule has 0 bridgehead atoms. The molecule has 0 aliphatic rings. The Hall–Kier alpha value is -3.07. The Morgan fingerprint density at radius 2 is 2.13 bits per heavy atom. The summed E-state index contributed by atoms with van der Waals surface area (Å²) in [6.45, 7) is 0. The lowest BCUT2D eigenvalue weighted by Gasteiger charge is -2.07. The van der Waals surface area contributed by atoms with Crippen molar-refractivity contribution in [2.24, 2.45) is 7.05 Å². The summed E-state index contributed by atoms with van der Waals surface area (Å²) in [4.78, 5) is 8.99. The van der Waals surface area contributed by atoms with E-state index in [0.29, 0.717) is 16.8 Å². The van der Waals surface area contributed by atoms with Gasteiger partial charge in [-0.05, 0) is 18.2 Å². The summed E-state index contributed by atoms with van der Waals surface area (Å²) in [5.41, 5.74) is 10.9. The highest BCUT2D eigenvalue weighted by Gasteiger charge is 2.10. The molecule has 0 saturated carbocycles. The van der Waals surface area contributed by atoms with Crippen molar-refractivity contribution < 1.29 is 0 Å². The van der Waals surface area contributed by atoms with Gasteiger partial charge in [0.05, 0.1) is 17.2 Å². The quantitative estimate of drug-likeness (QED) is 0.595. The molecule has 4 heterocycles. The third kappa shape index (κ3) is 2.57. The number of fused-ring (bicyclic) bond motifs is 1. The van der Waals surface area contributed by atoms with Gasteiger partial charge in [0.2, 0.25) is 5.13 Å². The molecule has 0 saturated heterocycles. The van der Waals surface area contributed by atoms with E-state index in [4.69, 9.17) is 5.73 Å². The molecule has 0 spiro atoms. The molecule has 8 nitrogen and oxygen atoms in total. The van der Waals surface area contributed by atoms with Gasteiger partial charge in [0.25, 0.3) is 0 Å². The Kier molecular flexibility index (Phi) is 3.12. The van der Waals surface area contributed by atoms with Crippen LogP contribution in [0.4, 0.5) is 16.8 Å². The molecule has 114 valence electrons. The van der Waals surface area contributed by atoms with Crippen LogP contribution in [-0.4, -0.2) is 29.9 Å². The zero-order valence-corrected chi connectivity index (χ0v) is 12.9. The fraction of sp³-hybridized carbons (Fsp3) is 0.0714. The zero-order valence-electron chi connectivity index (χ0n) is 12.1. The monoisotopic (exact) mass is 324 g/mol. The molecule has 0 amide bonds. The van der Waals surface area contributed by atoms with Crippen LogP contribution in [0.1, 0.15) is 0 Å². The molecule has 4 rings (SSSR count). The van der Waals surface area contributed by atoms with Crippen LogP contribution in [0.25, 0.3) is 22.2 Å². The highest BCUT2D eigenvalue weighted by molar-refractivity contribution is 7.13. The van der Waals surface area contributed by atoms with Crippen LogP contribution < -0.4 is 11.1 Å². The lowest BCUT2D eigenvalue weighted by atomic mass is 10.1. The smallest absolute Gasteiger partial charge is 0.210 e. The molecule has 0 aliphatic carbocycles. The number of pyridine rings is 2. The van der Waals surface area contributed by atoms with Gasteiger partial charge in [-0.25, -0.2) is 9.97 Å². The number of anilines is 3. The highest BCUT2D eigenvalue weighted by atomic mass is 32.1. The molecule has 0 aromatic carbocycles. The number of nitrogen functional groups attached to an aromatic ring is 1. The Labute approximate surface area is 135 Å². The van der Waals surface area contributed by atoms with Gasteiger partial charge in [0.15, 0.2) is 0 Å². The number of rotatable bonds is 3. The normalized spacial score (nSPS) is 11.0. The molecule has 23 heavy (non-hydrogen) atoms. The average Bonchev–Trinajstić information content (AvgIpc) is 3.18. The van der Waals surface area contributed by atoms with E-state index in [2.05, 4.69) is 30.6 Å². The number of nitrogens with zero attached hydrogens (tertiary/aromatic N) is 6.